The van der Waals surface area contributed by atoms with E-state index in [4.69, 9.17) is 18.9 Å². The standard InChI is InChI=1S/C23H26I3N3O12/c1-9(30)38-5-13(6-39-10(2)31)27-21(34)15-17(24)16(19(26)20(18(15)25)29-23(36)37)22(35)28-14(7-40-11(3)32)8-41-12(4)33/h13-14,29H,5-8H2,1-4H3,(H,27,34)(H,28,35)(H,36,37)/p-1. The summed E-state index contributed by atoms with van der Waals surface area (Å²) < 4.78 is 20.0. The number of benzene rings is 1. The first-order chi connectivity index (χ1) is 19.0. The molecular formula is C23H25I3N3O12-. The lowest BCUT2D eigenvalue weighted by Crippen LogP contribution is -2.44. The third-order valence-electron chi connectivity index (χ3n) is 4.62. The Labute approximate surface area is 274 Å². The second-order valence-electron chi connectivity index (χ2n) is 8.03. The van der Waals surface area contributed by atoms with E-state index in [1.54, 1.807) is 67.8 Å². The van der Waals surface area contributed by atoms with E-state index in [1.807, 2.05) is 0 Å². The predicted octanol–water partition coefficient (Wildman–Crippen LogP) is 0.705. The fourth-order valence-electron chi connectivity index (χ4n) is 2.92. The topological polar surface area (TPSA) is 216 Å². The van der Waals surface area contributed by atoms with Crippen LogP contribution >= 0.6 is 67.8 Å². The molecule has 0 radical (unpaired) electrons. The van der Waals surface area contributed by atoms with Gasteiger partial charge in [-0.15, -0.1) is 0 Å². The van der Waals surface area contributed by atoms with Crippen molar-refractivity contribution in [1.29, 1.82) is 0 Å². The minimum atomic E-state index is -1.72. The summed E-state index contributed by atoms with van der Waals surface area (Å²) in [6.07, 6.45) is -1.72. The SMILES string of the molecule is CC(=O)OCC(COC(C)=O)NC(=O)c1c(I)c(NC(=O)[O-])c(I)c(C(=O)NC(COC(C)=O)COC(C)=O)c1I. The van der Waals surface area contributed by atoms with Crippen LogP contribution < -0.4 is 21.1 Å². The van der Waals surface area contributed by atoms with E-state index in [-0.39, 0.29) is 54.0 Å². The van der Waals surface area contributed by atoms with Gasteiger partial charge in [0.1, 0.15) is 32.5 Å². The van der Waals surface area contributed by atoms with Gasteiger partial charge in [0, 0.05) is 31.3 Å². The number of amides is 3. The molecule has 15 nitrogen and oxygen atoms in total. The Bertz CT molecular complexity index is 1110. The monoisotopic (exact) mass is 916 g/mol. The molecule has 41 heavy (non-hydrogen) atoms. The molecule has 0 fully saturated rings. The zero-order valence-electron chi connectivity index (χ0n) is 22.0. The smallest absolute Gasteiger partial charge is 0.302 e. The van der Waals surface area contributed by atoms with E-state index >= 15 is 0 Å². The molecule has 0 aliphatic rings. The minimum absolute atomic E-state index is 0.0905. The molecule has 0 aromatic heterocycles. The van der Waals surface area contributed by atoms with Gasteiger partial charge in [0.05, 0.1) is 36.0 Å². The van der Waals surface area contributed by atoms with Crippen LogP contribution in [0.15, 0.2) is 0 Å². The molecule has 0 bridgehead atoms. The average Bonchev–Trinajstić information content (AvgIpc) is 2.84. The molecule has 0 aliphatic carbocycles. The molecule has 0 saturated carbocycles. The molecule has 0 spiro atoms. The highest BCUT2D eigenvalue weighted by atomic mass is 127. The van der Waals surface area contributed by atoms with Crippen LogP contribution in [0.2, 0.25) is 0 Å². The molecule has 3 amide bonds. The van der Waals surface area contributed by atoms with E-state index in [2.05, 4.69) is 16.0 Å². The Morgan fingerprint density at radius 3 is 1.15 bits per heavy atom. The molecule has 0 saturated heterocycles. The van der Waals surface area contributed by atoms with Crippen LogP contribution in [0, 0.1) is 10.7 Å². The number of carboxylic acid groups (broad SMARTS) is 1. The molecule has 0 aliphatic heterocycles. The summed E-state index contributed by atoms with van der Waals surface area (Å²) in [6, 6.07) is -1.99. The summed E-state index contributed by atoms with van der Waals surface area (Å²) in [5, 5.41) is 18.6. The van der Waals surface area contributed by atoms with E-state index in [0.717, 1.165) is 27.7 Å². The summed E-state index contributed by atoms with van der Waals surface area (Å²) in [5.41, 5.74) is -0.393. The molecule has 226 valence electrons. The maximum atomic E-state index is 13.4. The normalized spacial score (nSPS) is 10.5. The van der Waals surface area contributed by atoms with Gasteiger partial charge in [0.15, 0.2) is 0 Å². The van der Waals surface area contributed by atoms with Crippen molar-refractivity contribution < 1.29 is 57.6 Å². The molecule has 3 N–H and O–H groups in total. The third kappa shape index (κ3) is 12.5. The Morgan fingerprint density at radius 1 is 0.610 bits per heavy atom. The zero-order valence-corrected chi connectivity index (χ0v) is 28.5. The van der Waals surface area contributed by atoms with Gasteiger partial charge in [-0.05, 0) is 67.8 Å². The van der Waals surface area contributed by atoms with Crippen molar-refractivity contribution >= 4 is 115 Å². The number of carbonyl (C=O) groups excluding carboxylic acids is 7. The Kier molecular flexibility index (Phi) is 15.5. The zero-order chi connectivity index (χ0) is 31.4. The largest absolute Gasteiger partial charge is 0.530 e. The number of esters is 4. The predicted molar refractivity (Wildman–Crippen MR) is 163 cm³/mol. The number of rotatable bonds is 13. The van der Waals surface area contributed by atoms with Gasteiger partial charge < -0.3 is 44.8 Å². The van der Waals surface area contributed by atoms with Crippen LogP contribution in [0.1, 0.15) is 48.4 Å². The number of carbonyl (C=O) groups is 7. The summed E-state index contributed by atoms with van der Waals surface area (Å²) >= 11 is 5.16. The summed E-state index contributed by atoms with van der Waals surface area (Å²) in [6.45, 7) is 3.19. The lowest BCUT2D eigenvalue weighted by atomic mass is 10.1. The Morgan fingerprint density at radius 2 is 0.902 bits per heavy atom. The Hall–Kier alpha value is -2.50. The van der Waals surface area contributed by atoms with Gasteiger partial charge in [-0.25, -0.2) is 0 Å². The lowest BCUT2D eigenvalue weighted by molar-refractivity contribution is -0.242. The van der Waals surface area contributed by atoms with Crippen LogP contribution in [-0.4, -0.2) is 80.3 Å². The lowest BCUT2D eigenvalue weighted by Gasteiger charge is -2.24. The van der Waals surface area contributed by atoms with Crippen molar-refractivity contribution in [2.75, 3.05) is 31.7 Å². The first kappa shape index (κ1) is 36.5. The first-order valence-electron chi connectivity index (χ1n) is 11.4. The average molecular weight is 916 g/mol. The maximum Gasteiger partial charge on any atom is 0.302 e. The van der Waals surface area contributed by atoms with E-state index in [0.29, 0.717) is 0 Å². The number of nitrogens with one attached hydrogen (secondary N) is 3. The molecular weight excluding hydrogens is 891 g/mol. The van der Waals surface area contributed by atoms with Crippen molar-refractivity contribution in [1.82, 2.24) is 10.6 Å². The van der Waals surface area contributed by atoms with Crippen molar-refractivity contribution in [2.24, 2.45) is 0 Å². The highest BCUT2D eigenvalue weighted by Crippen LogP contribution is 2.36. The van der Waals surface area contributed by atoms with Crippen molar-refractivity contribution in [3.63, 3.8) is 0 Å². The highest BCUT2D eigenvalue weighted by Gasteiger charge is 2.30. The minimum Gasteiger partial charge on any atom is -0.530 e. The van der Waals surface area contributed by atoms with Crippen molar-refractivity contribution in [3.05, 3.63) is 21.8 Å². The van der Waals surface area contributed by atoms with Gasteiger partial charge in [-0.3, -0.25) is 28.8 Å². The molecule has 0 unspecified atom stereocenters. The van der Waals surface area contributed by atoms with Gasteiger partial charge in [0.2, 0.25) is 0 Å². The number of anilines is 1. The molecule has 1 aromatic carbocycles. The van der Waals surface area contributed by atoms with Crippen LogP contribution in [0.3, 0.4) is 0 Å². The fraction of sp³-hybridized carbons (Fsp3) is 0.435. The quantitative estimate of drug-likeness (QED) is 0.142. The van der Waals surface area contributed by atoms with Crippen LogP contribution in [0.25, 0.3) is 0 Å². The van der Waals surface area contributed by atoms with E-state index < -0.39 is 53.9 Å². The molecule has 1 rings (SSSR count). The van der Waals surface area contributed by atoms with Gasteiger partial charge in [-0.2, -0.15) is 0 Å². The van der Waals surface area contributed by atoms with Crippen molar-refractivity contribution in [3.8, 4) is 0 Å². The maximum absolute atomic E-state index is 13.4. The molecule has 1 aromatic rings. The summed E-state index contributed by atoms with van der Waals surface area (Å²) in [7, 11) is 0. The van der Waals surface area contributed by atoms with Crippen LogP contribution in [0.5, 0.6) is 0 Å². The molecule has 0 atom stereocenters. The van der Waals surface area contributed by atoms with Gasteiger partial charge in [0.25, 0.3) is 11.8 Å². The highest BCUT2D eigenvalue weighted by molar-refractivity contribution is 14.1. The Balaban J connectivity index is 3.57. The number of halogens is 3. The first-order valence-corrected chi connectivity index (χ1v) is 14.6. The molecule has 0 heterocycles. The second kappa shape index (κ2) is 17.5. The van der Waals surface area contributed by atoms with Crippen molar-refractivity contribution in [2.45, 2.75) is 39.8 Å². The van der Waals surface area contributed by atoms with E-state index in [9.17, 15) is 38.7 Å². The van der Waals surface area contributed by atoms with Crippen LogP contribution in [-0.2, 0) is 38.1 Å². The molecule has 18 heteroatoms. The number of ether oxygens (including phenoxy) is 4. The number of hydrogen-bond donors (Lipinski definition) is 3. The second-order valence-corrected chi connectivity index (χ2v) is 11.3. The third-order valence-corrected chi connectivity index (χ3v) is 7.86. The van der Waals surface area contributed by atoms with Gasteiger partial charge in [-0.1, -0.05) is 0 Å². The fourth-order valence-corrected chi connectivity index (χ4v) is 7.34. The van der Waals surface area contributed by atoms with E-state index in [1.165, 1.54) is 0 Å². The van der Waals surface area contributed by atoms with Crippen LogP contribution in [0.4, 0.5) is 10.5 Å². The summed E-state index contributed by atoms with van der Waals surface area (Å²) in [4.78, 5) is 83.5. The summed E-state index contributed by atoms with van der Waals surface area (Å²) in [5.74, 6) is -4.23. The number of hydrogen-bond acceptors (Lipinski definition) is 12. The van der Waals surface area contributed by atoms with Gasteiger partial charge >= 0.3 is 23.9 Å².